The lowest BCUT2D eigenvalue weighted by atomic mass is 10.5. The van der Waals surface area contributed by atoms with Crippen molar-refractivity contribution in [3.8, 4) is 0 Å². The lowest BCUT2D eigenvalue weighted by molar-refractivity contribution is 0.230. The van der Waals surface area contributed by atoms with E-state index in [-0.39, 0.29) is 0 Å². The molecule has 0 aliphatic heterocycles. The molecule has 6 heteroatoms. The number of nitrogens with zero attached hydrogens (tertiary/aromatic N) is 2. The van der Waals surface area contributed by atoms with Gasteiger partial charge in [0.2, 0.25) is 0 Å². The van der Waals surface area contributed by atoms with E-state index in [1.54, 1.807) is 13.0 Å². The molecule has 0 saturated heterocycles. The quantitative estimate of drug-likeness (QED) is 0.563. The predicted octanol–water partition coefficient (Wildman–Crippen LogP) is -0.172. The molecule has 6 nitrogen and oxygen atoms in total. The minimum absolute atomic E-state index is 0.657. The van der Waals surface area contributed by atoms with Gasteiger partial charge in [-0.25, -0.2) is 9.59 Å². The number of carbonyl (C=O) groups is 2. The number of aromatic nitrogens is 2. The van der Waals surface area contributed by atoms with Gasteiger partial charge in [-0.05, 0) is 13.0 Å². The summed E-state index contributed by atoms with van der Waals surface area (Å²) in [5, 5.41) is 5.63. The smallest absolute Gasteiger partial charge is 0.350 e. The first-order valence-electron chi connectivity index (χ1n) is 3.22. The van der Waals surface area contributed by atoms with Crippen LogP contribution in [0, 0.1) is 6.92 Å². The van der Waals surface area contributed by atoms with Gasteiger partial charge in [0.05, 0.1) is 5.69 Å². The molecule has 64 valence electrons. The summed E-state index contributed by atoms with van der Waals surface area (Å²) in [4.78, 5) is 21.2. The van der Waals surface area contributed by atoms with Crippen LogP contribution in [0.1, 0.15) is 5.69 Å². The number of nitrogens with two attached hydrogens (primary N) is 1. The van der Waals surface area contributed by atoms with Gasteiger partial charge < -0.3 is 5.73 Å². The molecule has 0 aliphatic rings. The number of primary amides is 1. The molecule has 1 heterocycles. The van der Waals surface area contributed by atoms with Crippen molar-refractivity contribution in [3.05, 3.63) is 18.0 Å². The molecular weight excluding hydrogens is 160 g/mol. The Morgan fingerprint density at radius 1 is 1.67 bits per heavy atom. The summed E-state index contributed by atoms with van der Waals surface area (Å²) in [5.74, 6) is 0. The molecular formula is C6H8N4O2. The van der Waals surface area contributed by atoms with Crippen LogP contribution in [0.15, 0.2) is 12.3 Å². The SMILES string of the molecule is Cc1ccn(C(=O)NC(N)=O)n1. The predicted molar refractivity (Wildman–Crippen MR) is 40.5 cm³/mol. The summed E-state index contributed by atoms with van der Waals surface area (Å²) in [6.07, 6.45) is 1.44. The highest BCUT2D eigenvalue weighted by molar-refractivity contribution is 5.93. The summed E-state index contributed by atoms with van der Waals surface area (Å²) >= 11 is 0. The van der Waals surface area contributed by atoms with E-state index in [4.69, 9.17) is 5.73 Å². The summed E-state index contributed by atoms with van der Waals surface area (Å²) < 4.78 is 1.00. The molecule has 12 heavy (non-hydrogen) atoms. The molecule has 0 aromatic carbocycles. The van der Waals surface area contributed by atoms with E-state index in [0.29, 0.717) is 5.69 Å². The second-order valence-electron chi connectivity index (χ2n) is 2.20. The van der Waals surface area contributed by atoms with Crippen molar-refractivity contribution in [1.29, 1.82) is 0 Å². The Hall–Kier alpha value is -1.85. The number of imide groups is 1. The summed E-state index contributed by atoms with van der Waals surface area (Å²) in [7, 11) is 0. The van der Waals surface area contributed by atoms with Crippen molar-refractivity contribution in [2.75, 3.05) is 0 Å². The van der Waals surface area contributed by atoms with E-state index in [9.17, 15) is 9.59 Å². The maximum Gasteiger partial charge on any atom is 0.350 e. The van der Waals surface area contributed by atoms with Crippen LogP contribution in [0.25, 0.3) is 0 Å². The highest BCUT2D eigenvalue weighted by Crippen LogP contribution is 1.90. The summed E-state index contributed by atoms with van der Waals surface area (Å²) in [6, 6.07) is 0.0874. The van der Waals surface area contributed by atoms with Crippen LogP contribution in [0.5, 0.6) is 0 Å². The molecule has 0 unspecified atom stereocenters. The van der Waals surface area contributed by atoms with Gasteiger partial charge in [0.1, 0.15) is 0 Å². The molecule has 3 amide bonds. The van der Waals surface area contributed by atoms with Crippen LogP contribution in [0.3, 0.4) is 0 Å². The highest BCUT2D eigenvalue weighted by atomic mass is 16.2. The fourth-order valence-electron chi connectivity index (χ4n) is 0.691. The molecule has 0 atom stereocenters. The van der Waals surface area contributed by atoms with Crippen molar-refractivity contribution in [3.63, 3.8) is 0 Å². The van der Waals surface area contributed by atoms with E-state index < -0.39 is 12.1 Å². The highest BCUT2D eigenvalue weighted by Gasteiger charge is 2.06. The van der Waals surface area contributed by atoms with Gasteiger partial charge in [-0.2, -0.15) is 9.78 Å². The Morgan fingerprint density at radius 3 is 2.75 bits per heavy atom. The zero-order valence-electron chi connectivity index (χ0n) is 6.44. The van der Waals surface area contributed by atoms with Crippen molar-refractivity contribution in [1.82, 2.24) is 15.1 Å². The third-order valence-corrected chi connectivity index (χ3v) is 1.16. The first kappa shape index (κ1) is 8.25. The van der Waals surface area contributed by atoms with E-state index in [0.717, 1.165) is 4.68 Å². The van der Waals surface area contributed by atoms with Gasteiger partial charge in [-0.15, -0.1) is 0 Å². The van der Waals surface area contributed by atoms with Gasteiger partial charge in [0.15, 0.2) is 0 Å². The van der Waals surface area contributed by atoms with Gasteiger partial charge in [0.25, 0.3) is 0 Å². The van der Waals surface area contributed by atoms with Gasteiger partial charge in [0, 0.05) is 6.20 Å². The van der Waals surface area contributed by atoms with Crippen LogP contribution in [-0.2, 0) is 0 Å². The fraction of sp³-hybridized carbons (Fsp3) is 0.167. The molecule has 0 bridgehead atoms. The average molecular weight is 168 g/mol. The number of amides is 3. The standard InChI is InChI=1S/C6H8N4O2/c1-4-2-3-10(9-4)6(12)8-5(7)11/h2-3H,1H3,(H3,7,8,11,12). The third kappa shape index (κ3) is 1.82. The number of carbonyl (C=O) groups excluding carboxylic acids is 2. The van der Waals surface area contributed by atoms with Crippen LogP contribution < -0.4 is 11.1 Å². The zero-order chi connectivity index (χ0) is 9.14. The Kier molecular flexibility index (Phi) is 2.09. The van der Waals surface area contributed by atoms with Crippen LogP contribution >= 0.6 is 0 Å². The van der Waals surface area contributed by atoms with Crippen LogP contribution in [0.2, 0.25) is 0 Å². The third-order valence-electron chi connectivity index (χ3n) is 1.16. The Balaban J connectivity index is 2.72. The lowest BCUT2D eigenvalue weighted by Gasteiger charge is -1.98. The zero-order valence-corrected chi connectivity index (χ0v) is 6.44. The van der Waals surface area contributed by atoms with Crippen LogP contribution in [0.4, 0.5) is 9.59 Å². The van der Waals surface area contributed by atoms with Gasteiger partial charge in [-0.1, -0.05) is 0 Å². The molecule has 0 saturated carbocycles. The van der Waals surface area contributed by atoms with Gasteiger partial charge >= 0.3 is 12.1 Å². The number of urea groups is 1. The maximum absolute atomic E-state index is 11.0. The molecule has 1 aromatic heterocycles. The number of rotatable bonds is 0. The lowest BCUT2D eigenvalue weighted by Crippen LogP contribution is -2.38. The van der Waals surface area contributed by atoms with Gasteiger partial charge in [-0.3, -0.25) is 5.32 Å². The molecule has 0 fully saturated rings. The minimum Gasteiger partial charge on any atom is -0.351 e. The van der Waals surface area contributed by atoms with E-state index >= 15 is 0 Å². The van der Waals surface area contributed by atoms with Crippen LogP contribution in [-0.4, -0.2) is 21.8 Å². The fourth-order valence-corrected chi connectivity index (χ4v) is 0.691. The minimum atomic E-state index is -0.895. The first-order valence-corrected chi connectivity index (χ1v) is 3.22. The van der Waals surface area contributed by atoms with Crippen molar-refractivity contribution < 1.29 is 9.59 Å². The summed E-state index contributed by atoms with van der Waals surface area (Å²) in [6.45, 7) is 1.73. The van der Waals surface area contributed by atoms with Crippen molar-refractivity contribution in [2.45, 2.75) is 6.92 Å². The first-order chi connectivity index (χ1) is 5.59. The maximum atomic E-state index is 11.0. The second-order valence-corrected chi connectivity index (χ2v) is 2.20. The number of hydrogen-bond acceptors (Lipinski definition) is 3. The van der Waals surface area contributed by atoms with E-state index in [1.165, 1.54) is 6.20 Å². The molecule has 1 rings (SSSR count). The Bertz CT molecular complexity index is 317. The number of nitrogens with one attached hydrogen (secondary N) is 1. The monoisotopic (exact) mass is 168 g/mol. The molecule has 0 spiro atoms. The largest absolute Gasteiger partial charge is 0.351 e. The Morgan fingerprint density at radius 2 is 2.33 bits per heavy atom. The van der Waals surface area contributed by atoms with Crippen molar-refractivity contribution in [2.24, 2.45) is 5.73 Å². The molecule has 1 aromatic rings. The second kappa shape index (κ2) is 3.04. The van der Waals surface area contributed by atoms with Crippen molar-refractivity contribution >= 4 is 12.1 Å². The molecule has 0 radical (unpaired) electrons. The molecule has 0 aliphatic carbocycles. The van der Waals surface area contributed by atoms with E-state index in [1.807, 2.05) is 5.32 Å². The normalized spacial score (nSPS) is 9.42. The Labute approximate surface area is 68.3 Å². The number of hydrogen-bond donors (Lipinski definition) is 2. The average Bonchev–Trinajstić information content (AvgIpc) is 2.34. The topological polar surface area (TPSA) is 90.0 Å². The summed E-state index contributed by atoms with van der Waals surface area (Å²) in [5.41, 5.74) is 5.41. The van der Waals surface area contributed by atoms with E-state index in [2.05, 4.69) is 5.10 Å². The number of aryl methyl sites for hydroxylation is 1. The molecule has 3 N–H and O–H groups in total.